The monoisotopic (exact) mass is 166 g/mol. The van der Waals surface area contributed by atoms with E-state index in [1.54, 1.807) is 11.8 Å². The number of hydrogen-bond donors (Lipinski definition) is 1. The second-order valence-electron chi connectivity index (χ2n) is 2.41. The Balaban J connectivity index is 2.27. The van der Waals surface area contributed by atoms with Gasteiger partial charge in [0.15, 0.2) is 0 Å². The third-order valence-electron chi connectivity index (χ3n) is 1.66. The molecular formula is C8H10N2S. The Labute approximate surface area is 70.3 Å². The normalized spacial score (nSPS) is 16.4. The molecule has 0 aliphatic carbocycles. The second kappa shape index (κ2) is 3.05. The summed E-state index contributed by atoms with van der Waals surface area (Å²) in [6.45, 7) is 2.07. The Hall–Kier alpha value is -0.830. The molecule has 1 aliphatic rings. The Morgan fingerprint density at radius 3 is 3.55 bits per heavy atom. The summed E-state index contributed by atoms with van der Waals surface area (Å²) in [7, 11) is 0. The predicted octanol–water partition coefficient (Wildman–Crippen LogP) is 1.65. The van der Waals surface area contributed by atoms with Gasteiger partial charge in [0.05, 0.1) is 5.03 Å². The van der Waals surface area contributed by atoms with Crippen molar-refractivity contribution in [1.82, 2.24) is 9.88 Å². The van der Waals surface area contributed by atoms with E-state index >= 15 is 0 Å². The third kappa shape index (κ3) is 1.43. The van der Waals surface area contributed by atoms with Crippen LogP contribution in [0.5, 0.6) is 0 Å². The van der Waals surface area contributed by atoms with E-state index in [-0.39, 0.29) is 0 Å². The van der Waals surface area contributed by atoms with Crippen LogP contribution in [0.3, 0.4) is 0 Å². The van der Waals surface area contributed by atoms with E-state index in [9.17, 15) is 0 Å². The summed E-state index contributed by atoms with van der Waals surface area (Å²) in [5, 5.41) is 6.59. The predicted molar refractivity (Wildman–Crippen MR) is 47.4 cm³/mol. The zero-order valence-corrected chi connectivity index (χ0v) is 6.97. The molecule has 1 aromatic heterocycles. The minimum Gasteiger partial charge on any atom is -0.389 e. The SMILES string of the molecule is C1=CSc2cccn2CCN1. The first kappa shape index (κ1) is 6.85. The molecular weight excluding hydrogens is 156 g/mol. The summed E-state index contributed by atoms with van der Waals surface area (Å²) in [5.41, 5.74) is 0. The van der Waals surface area contributed by atoms with Gasteiger partial charge < -0.3 is 9.88 Å². The maximum atomic E-state index is 3.20. The molecule has 0 saturated carbocycles. The van der Waals surface area contributed by atoms with Crippen LogP contribution in [-0.2, 0) is 6.54 Å². The molecule has 0 amide bonds. The highest BCUT2D eigenvalue weighted by Crippen LogP contribution is 2.20. The van der Waals surface area contributed by atoms with E-state index in [2.05, 4.69) is 33.6 Å². The van der Waals surface area contributed by atoms with Gasteiger partial charge in [-0.15, -0.1) is 0 Å². The molecule has 0 unspecified atom stereocenters. The lowest BCUT2D eigenvalue weighted by molar-refractivity contribution is 0.622. The number of rotatable bonds is 0. The van der Waals surface area contributed by atoms with Crippen LogP contribution in [0.15, 0.2) is 35.0 Å². The molecule has 0 spiro atoms. The zero-order valence-electron chi connectivity index (χ0n) is 6.16. The van der Waals surface area contributed by atoms with E-state index in [0.717, 1.165) is 13.1 Å². The van der Waals surface area contributed by atoms with Gasteiger partial charge in [-0.3, -0.25) is 0 Å². The summed E-state index contributed by atoms with van der Waals surface area (Å²) in [5.74, 6) is 0. The molecule has 0 saturated heterocycles. The molecule has 58 valence electrons. The lowest BCUT2D eigenvalue weighted by Crippen LogP contribution is -2.15. The average Bonchev–Trinajstić information content (AvgIpc) is 2.35. The molecule has 0 fully saturated rings. The van der Waals surface area contributed by atoms with Gasteiger partial charge >= 0.3 is 0 Å². The minimum absolute atomic E-state index is 1.01. The molecule has 0 aromatic carbocycles. The third-order valence-corrected chi connectivity index (χ3v) is 2.54. The first-order valence-corrected chi connectivity index (χ1v) is 4.55. The summed E-state index contributed by atoms with van der Waals surface area (Å²) in [6, 6.07) is 4.22. The zero-order chi connectivity index (χ0) is 7.52. The van der Waals surface area contributed by atoms with Gasteiger partial charge in [0.25, 0.3) is 0 Å². The number of aromatic nitrogens is 1. The summed E-state index contributed by atoms with van der Waals surface area (Å²) >= 11 is 1.75. The van der Waals surface area contributed by atoms with E-state index in [4.69, 9.17) is 0 Å². The highest BCUT2D eigenvalue weighted by atomic mass is 32.2. The Kier molecular flexibility index (Phi) is 1.90. The summed E-state index contributed by atoms with van der Waals surface area (Å²) in [4.78, 5) is 0. The molecule has 1 N–H and O–H groups in total. The molecule has 1 aliphatic heterocycles. The number of thioether (sulfide) groups is 1. The summed E-state index contributed by atoms with van der Waals surface area (Å²) < 4.78 is 2.25. The maximum absolute atomic E-state index is 3.20. The van der Waals surface area contributed by atoms with Crippen LogP contribution >= 0.6 is 11.8 Å². The first-order valence-electron chi connectivity index (χ1n) is 3.67. The van der Waals surface area contributed by atoms with Gasteiger partial charge in [0, 0.05) is 25.5 Å². The van der Waals surface area contributed by atoms with Crippen molar-refractivity contribution in [3.8, 4) is 0 Å². The fraction of sp³-hybridized carbons (Fsp3) is 0.250. The van der Waals surface area contributed by atoms with Crippen LogP contribution in [0.2, 0.25) is 0 Å². The average molecular weight is 166 g/mol. The van der Waals surface area contributed by atoms with Crippen molar-refractivity contribution in [1.29, 1.82) is 0 Å². The molecule has 1 aromatic rings. The van der Waals surface area contributed by atoms with Gasteiger partial charge in [0.1, 0.15) is 0 Å². The molecule has 11 heavy (non-hydrogen) atoms. The van der Waals surface area contributed by atoms with Crippen molar-refractivity contribution in [3.05, 3.63) is 29.9 Å². The maximum Gasteiger partial charge on any atom is 0.0791 e. The Morgan fingerprint density at radius 1 is 1.55 bits per heavy atom. The van der Waals surface area contributed by atoms with E-state index in [1.807, 2.05) is 6.20 Å². The van der Waals surface area contributed by atoms with Crippen LogP contribution in [0.25, 0.3) is 0 Å². The van der Waals surface area contributed by atoms with Crippen LogP contribution in [0.4, 0.5) is 0 Å². The lowest BCUT2D eigenvalue weighted by atomic mass is 10.6. The van der Waals surface area contributed by atoms with E-state index in [0.29, 0.717) is 0 Å². The Bertz CT molecular complexity index is 265. The van der Waals surface area contributed by atoms with E-state index in [1.165, 1.54) is 5.03 Å². The van der Waals surface area contributed by atoms with Crippen molar-refractivity contribution in [2.24, 2.45) is 0 Å². The lowest BCUT2D eigenvalue weighted by Gasteiger charge is -2.09. The molecule has 2 heterocycles. The quantitative estimate of drug-likeness (QED) is 0.631. The first-order chi connectivity index (χ1) is 5.47. The molecule has 0 atom stereocenters. The van der Waals surface area contributed by atoms with Crippen LogP contribution in [-0.4, -0.2) is 11.1 Å². The van der Waals surface area contributed by atoms with Crippen molar-refractivity contribution in [2.45, 2.75) is 11.6 Å². The smallest absolute Gasteiger partial charge is 0.0791 e. The highest BCUT2D eigenvalue weighted by Gasteiger charge is 1.99. The van der Waals surface area contributed by atoms with Crippen molar-refractivity contribution in [2.75, 3.05) is 6.54 Å². The highest BCUT2D eigenvalue weighted by molar-refractivity contribution is 8.02. The largest absolute Gasteiger partial charge is 0.389 e. The number of nitrogens with zero attached hydrogens (tertiary/aromatic N) is 1. The fourth-order valence-electron chi connectivity index (χ4n) is 1.11. The number of nitrogens with one attached hydrogen (secondary N) is 1. The van der Waals surface area contributed by atoms with Crippen molar-refractivity contribution in [3.63, 3.8) is 0 Å². The van der Waals surface area contributed by atoms with Gasteiger partial charge in [-0.05, 0) is 17.5 Å². The van der Waals surface area contributed by atoms with Gasteiger partial charge in [-0.2, -0.15) is 0 Å². The van der Waals surface area contributed by atoms with Gasteiger partial charge in [-0.1, -0.05) is 11.8 Å². The van der Waals surface area contributed by atoms with Crippen molar-refractivity contribution >= 4 is 11.8 Å². The fourth-order valence-corrected chi connectivity index (χ4v) is 1.86. The summed E-state index contributed by atoms with van der Waals surface area (Å²) in [6.07, 6.45) is 4.12. The molecule has 0 bridgehead atoms. The standard InChI is InChI=1S/C8H10N2S/c1-2-8-10(5-1)6-3-9-4-7-11-8/h1-2,4-5,7,9H,3,6H2. The van der Waals surface area contributed by atoms with Gasteiger partial charge in [-0.25, -0.2) is 0 Å². The van der Waals surface area contributed by atoms with Crippen molar-refractivity contribution < 1.29 is 0 Å². The molecule has 2 nitrogen and oxygen atoms in total. The molecule has 2 rings (SSSR count). The van der Waals surface area contributed by atoms with Gasteiger partial charge in [0.2, 0.25) is 0 Å². The molecule has 0 radical (unpaired) electrons. The van der Waals surface area contributed by atoms with E-state index < -0.39 is 0 Å². The topological polar surface area (TPSA) is 17.0 Å². The second-order valence-corrected chi connectivity index (χ2v) is 3.34. The van der Waals surface area contributed by atoms with Crippen LogP contribution in [0.1, 0.15) is 0 Å². The number of fused-ring (bicyclic) bond motifs is 1. The van der Waals surface area contributed by atoms with Crippen LogP contribution < -0.4 is 5.32 Å². The molecule has 3 heteroatoms. The minimum atomic E-state index is 1.01. The number of hydrogen-bond acceptors (Lipinski definition) is 2. The van der Waals surface area contributed by atoms with Crippen LogP contribution in [0, 0.1) is 0 Å². The Morgan fingerprint density at radius 2 is 2.55 bits per heavy atom.